The van der Waals surface area contributed by atoms with E-state index in [-0.39, 0.29) is 17.1 Å². The number of aryl methyl sites for hydroxylation is 3. The van der Waals surface area contributed by atoms with Crippen LogP contribution in [0, 0.1) is 20.8 Å². The molecule has 27 heavy (non-hydrogen) atoms. The molecule has 7 heteroatoms. The summed E-state index contributed by atoms with van der Waals surface area (Å²) in [4.78, 5) is 23.8. The minimum Gasteiger partial charge on any atom is -0.456 e. The highest BCUT2D eigenvalue weighted by atomic mass is 32.2. The van der Waals surface area contributed by atoms with Crippen molar-refractivity contribution in [3.8, 4) is 0 Å². The Balaban J connectivity index is 1.81. The molecule has 0 bridgehead atoms. The number of nitrogens with one attached hydrogen (secondary N) is 1. The van der Waals surface area contributed by atoms with Crippen molar-refractivity contribution in [1.29, 1.82) is 0 Å². The number of amides is 1. The average molecular weight is 389 g/mol. The minimum absolute atomic E-state index is 0.161. The zero-order valence-corrected chi connectivity index (χ0v) is 16.4. The highest BCUT2D eigenvalue weighted by Gasteiger charge is 2.17. The van der Waals surface area contributed by atoms with Crippen LogP contribution in [0.5, 0.6) is 0 Å². The smallest absolute Gasteiger partial charge is 0.307 e. The van der Waals surface area contributed by atoms with E-state index in [9.17, 15) is 18.0 Å². The van der Waals surface area contributed by atoms with Crippen molar-refractivity contribution < 1.29 is 22.7 Å². The average Bonchev–Trinajstić information content (AvgIpc) is 2.61. The van der Waals surface area contributed by atoms with Crippen LogP contribution in [0.1, 0.15) is 23.1 Å². The highest BCUT2D eigenvalue weighted by molar-refractivity contribution is 7.91. The lowest BCUT2D eigenvalue weighted by molar-refractivity contribution is -0.146. The molecule has 0 aliphatic carbocycles. The first-order valence-electron chi connectivity index (χ1n) is 8.49. The maximum absolute atomic E-state index is 12.2. The molecule has 0 spiro atoms. The van der Waals surface area contributed by atoms with Crippen molar-refractivity contribution in [2.24, 2.45) is 0 Å². The van der Waals surface area contributed by atoms with Crippen LogP contribution in [-0.2, 0) is 24.2 Å². The van der Waals surface area contributed by atoms with Crippen molar-refractivity contribution in [2.45, 2.75) is 32.1 Å². The molecule has 0 saturated carbocycles. The van der Waals surface area contributed by atoms with Gasteiger partial charge in [0, 0.05) is 5.69 Å². The molecule has 0 unspecified atom stereocenters. The zero-order chi connectivity index (χ0) is 20.0. The number of carbonyl (C=O) groups is 2. The fourth-order valence-corrected chi connectivity index (χ4v) is 3.66. The standard InChI is InChI=1S/C20H23NO5S/c1-14-4-7-17(8-5-14)27(24,25)11-10-20(23)26-13-19(22)21-18-9-6-15(2)12-16(18)3/h4-9,12H,10-11,13H2,1-3H3,(H,21,22). The molecule has 6 nitrogen and oxygen atoms in total. The number of sulfone groups is 1. The molecule has 2 rings (SSSR count). The van der Waals surface area contributed by atoms with Crippen LogP contribution in [0.4, 0.5) is 5.69 Å². The van der Waals surface area contributed by atoms with Crippen molar-refractivity contribution >= 4 is 27.4 Å². The Morgan fingerprint density at radius 2 is 1.59 bits per heavy atom. The maximum atomic E-state index is 12.2. The number of hydrogen-bond donors (Lipinski definition) is 1. The number of benzene rings is 2. The largest absolute Gasteiger partial charge is 0.456 e. The molecule has 2 aromatic rings. The second-order valence-electron chi connectivity index (χ2n) is 6.41. The predicted octanol–water partition coefficient (Wildman–Crippen LogP) is 2.96. The van der Waals surface area contributed by atoms with Crippen molar-refractivity contribution in [3.05, 3.63) is 59.2 Å². The summed E-state index contributed by atoms with van der Waals surface area (Å²) in [5.74, 6) is -1.58. The molecule has 2 aromatic carbocycles. The van der Waals surface area contributed by atoms with Gasteiger partial charge in [-0.05, 0) is 44.5 Å². The van der Waals surface area contributed by atoms with Gasteiger partial charge in [0.2, 0.25) is 0 Å². The molecule has 0 heterocycles. The Morgan fingerprint density at radius 3 is 2.22 bits per heavy atom. The van der Waals surface area contributed by atoms with Crippen LogP contribution < -0.4 is 5.32 Å². The fourth-order valence-electron chi connectivity index (χ4n) is 2.44. The van der Waals surface area contributed by atoms with Gasteiger partial charge in [-0.3, -0.25) is 9.59 Å². The summed E-state index contributed by atoms with van der Waals surface area (Å²) < 4.78 is 29.3. The Kier molecular flexibility index (Phi) is 6.74. The number of esters is 1. The lowest BCUT2D eigenvalue weighted by Gasteiger charge is -2.10. The molecule has 0 fully saturated rings. The van der Waals surface area contributed by atoms with Crippen LogP contribution in [-0.4, -0.2) is 32.7 Å². The SMILES string of the molecule is Cc1ccc(S(=O)(=O)CCC(=O)OCC(=O)Nc2ccc(C)cc2C)cc1. The van der Waals surface area contributed by atoms with E-state index in [0.29, 0.717) is 5.69 Å². The summed E-state index contributed by atoms with van der Waals surface area (Å²) in [6.07, 6.45) is -0.312. The van der Waals surface area contributed by atoms with Crippen LogP contribution >= 0.6 is 0 Å². The quantitative estimate of drug-likeness (QED) is 0.736. The van der Waals surface area contributed by atoms with E-state index in [2.05, 4.69) is 5.32 Å². The lowest BCUT2D eigenvalue weighted by atomic mass is 10.1. The van der Waals surface area contributed by atoms with E-state index in [0.717, 1.165) is 16.7 Å². The Labute approximate surface area is 159 Å². The first-order chi connectivity index (χ1) is 12.7. The first kappa shape index (κ1) is 20.6. The summed E-state index contributed by atoms with van der Waals surface area (Å²) in [5.41, 5.74) is 3.57. The third-order valence-electron chi connectivity index (χ3n) is 3.98. The molecular weight excluding hydrogens is 366 g/mol. The van der Waals surface area contributed by atoms with Gasteiger partial charge in [0.05, 0.1) is 17.1 Å². The number of anilines is 1. The van der Waals surface area contributed by atoms with Gasteiger partial charge < -0.3 is 10.1 Å². The van der Waals surface area contributed by atoms with E-state index >= 15 is 0 Å². The number of rotatable bonds is 7. The van der Waals surface area contributed by atoms with Crippen LogP contribution in [0.25, 0.3) is 0 Å². The van der Waals surface area contributed by atoms with Crippen LogP contribution in [0.15, 0.2) is 47.4 Å². The van der Waals surface area contributed by atoms with Crippen molar-refractivity contribution in [1.82, 2.24) is 0 Å². The van der Waals surface area contributed by atoms with Crippen LogP contribution in [0.2, 0.25) is 0 Å². The number of ether oxygens (including phenoxy) is 1. The van der Waals surface area contributed by atoms with Gasteiger partial charge in [0.1, 0.15) is 0 Å². The second kappa shape index (κ2) is 8.81. The monoisotopic (exact) mass is 389 g/mol. The number of carbonyl (C=O) groups excluding carboxylic acids is 2. The minimum atomic E-state index is -3.57. The summed E-state index contributed by atoms with van der Waals surface area (Å²) in [7, 11) is -3.57. The first-order valence-corrected chi connectivity index (χ1v) is 10.1. The maximum Gasteiger partial charge on any atom is 0.307 e. The fraction of sp³-hybridized carbons (Fsp3) is 0.300. The third-order valence-corrected chi connectivity index (χ3v) is 5.71. The van der Waals surface area contributed by atoms with Gasteiger partial charge in [-0.15, -0.1) is 0 Å². The normalized spacial score (nSPS) is 11.1. The van der Waals surface area contributed by atoms with E-state index in [1.54, 1.807) is 18.2 Å². The molecule has 0 aliphatic rings. The second-order valence-corrected chi connectivity index (χ2v) is 8.52. The third kappa shape index (κ3) is 6.21. The van der Waals surface area contributed by atoms with Gasteiger partial charge in [0.15, 0.2) is 16.4 Å². The van der Waals surface area contributed by atoms with Crippen LogP contribution in [0.3, 0.4) is 0 Å². The van der Waals surface area contributed by atoms with Gasteiger partial charge in [-0.2, -0.15) is 0 Å². The molecule has 0 atom stereocenters. The molecule has 1 N–H and O–H groups in total. The predicted molar refractivity (Wildman–Crippen MR) is 103 cm³/mol. The number of hydrogen-bond acceptors (Lipinski definition) is 5. The Morgan fingerprint density at radius 1 is 0.963 bits per heavy atom. The van der Waals surface area contributed by atoms with E-state index in [4.69, 9.17) is 4.74 Å². The lowest BCUT2D eigenvalue weighted by Crippen LogP contribution is -2.22. The summed E-state index contributed by atoms with van der Waals surface area (Å²) in [6.45, 7) is 5.21. The molecule has 0 aliphatic heterocycles. The van der Waals surface area contributed by atoms with Gasteiger partial charge in [0.25, 0.3) is 5.91 Å². The van der Waals surface area contributed by atoms with Gasteiger partial charge in [-0.1, -0.05) is 35.4 Å². The topological polar surface area (TPSA) is 89.5 Å². The molecule has 1 amide bonds. The van der Waals surface area contributed by atoms with E-state index < -0.39 is 28.3 Å². The zero-order valence-electron chi connectivity index (χ0n) is 15.6. The molecule has 0 radical (unpaired) electrons. The molecule has 144 valence electrons. The van der Waals surface area contributed by atoms with Crippen molar-refractivity contribution in [3.63, 3.8) is 0 Å². The van der Waals surface area contributed by atoms with E-state index in [1.165, 1.54) is 12.1 Å². The summed E-state index contributed by atoms with van der Waals surface area (Å²) >= 11 is 0. The molecular formula is C20H23NO5S. The molecule has 0 aromatic heterocycles. The van der Waals surface area contributed by atoms with Crippen molar-refractivity contribution in [2.75, 3.05) is 17.7 Å². The summed E-state index contributed by atoms with van der Waals surface area (Å²) in [5, 5.41) is 2.66. The van der Waals surface area contributed by atoms with Gasteiger partial charge in [-0.25, -0.2) is 8.42 Å². The van der Waals surface area contributed by atoms with Gasteiger partial charge >= 0.3 is 5.97 Å². The van der Waals surface area contributed by atoms with E-state index in [1.807, 2.05) is 32.9 Å². The molecule has 0 saturated heterocycles. The Bertz CT molecular complexity index is 933. The summed E-state index contributed by atoms with van der Waals surface area (Å²) in [6, 6.07) is 12.0. The highest BCUT2D eigenvalue weighted by Crippen LogP contribution is 2.16. The Hall–Kier alpha value is -2.67.